The number of aromatic nitrogens is 5. The Morgan fingerprint density at radius 1 is 1.13 bits per heavy atom. The lowest BCUT2D eigenvalue weighted by Crippen LogP contribution is -2.33. The molecule has 4 heterocycles. The summed E-state index contributed by atoms with van der Waals surface area (Å²) in [5.74, 6) is 0.571. The summed E-state index contributed by atoms with van der Waals surface area (Å²) < 4.78 is 7.13. The number of imidazole rings is 1. The zero-order valence-corrected chi connectivity index (χ0v) is 16.0. The van der Waals surface area contributed by atoms with Crippen molar-refractivity contribution in [3.8, 4) is 0 Å². The maximum absolute atomic E-state index is 10.3. The minimum Gasteiger partial charge on any atom is -0.394 e. The Hall–Kier alpha value is -3.05. The van der Waals surface area contributed by atoms with Gasteiger partial charge in [0.1, 0.15) is 24.6 Å². The molecule has 30 heavy (non-hydrogen) atoms. The van der Waals surface area contributed by atoms with E-state index < -0.39 is 31.1 Å². The van der Waals surface area contributed by atoms with Crippen LogP contribution in [-0.4, -0.2) is 71.3 Å². The van der Waals surface area contributed by atoms with Crippen LogP contribution in [0.25, 0.3) is 22.1 Å². The lowest BCUT2D eigenvalue weighted by Gasteiger charge is -2.16. The van der Waals surface area contributed by atoms with E-state index in [-0.39, 0.29) is 0 Å². The number of nitrogens with zero attached hydrogens (tertiary/aromatic N) is 4. The second-order valence-electron chi connectivity index (χ2n) is 7.33. The van der Waals surface area contributed by atoms with E-state index in [9.17, 15) is 15.3 Å². The number of aliphatic hydroxyl groups excluding tert-OH is 3. The van der Waals surface area contributed by atoms with Crippen LogP contribution in [0.1, 0.15) is 11.9 Å². The molecule has 3 aromatic heterocycles. The van der Waals surface area contributed by atoms with Crippen molar-refractivity contribution in [3.05, 3.63) is 48.7 Å². The molecule has 1 saturated heterocycles. The molecule has 5 N–H and O–H groups in total. The number of fused-ring (bicyclic) bond motifs is 2. The summed E-state index contributed by atoms with van der Waals surface area (Å²) in [5.41, 5.74) is 3.22. The number of hydrogen-bond acceptors (Lipinski definition) is 8. The highest BCUT2D eigenvalue weighted by Crippen LogP contribution is 2.32. The van der Waals surface area contributed by atoms with Gasteiger partial charge in [0.15, 0.2) is 23.2 Å². The second kappa shape index (κ2) is 7.65. The Balaban J connectivity index is 1.33. The molecule has 5 rings (SSSR count). The number of nitrogens with one attached hydrogen (secondary N) is 2. The number of hydrogen-bond donors (Lipinski definition) is 5. The minimum atomic E-state index is -1.20. The number of H-pyrrole nitrogens is 1. The van der Waals surface area contributed by atoms with Gasteiger partial charge in [-0.1, -0.05) is 18.2 Å². The fraction of sp³-hybridized carbons (Fsp3) is 0.350. The Kier molecular flexibility index (Phi) is 4.83. The molecular weight excluding hydrogens is 388 g/mol. The predicted molar refractivity (Wildman–Crippen MR) is 109 cm³/mol. The van der Waals surface area contributed by atoms with Crippen LogP contribution in [0.3, 0.4) is 0 Å². The summed E-state index contributed by atoms with van der Waals surface area (Å²) in [7, 11) is 0. The van der Waals surface area contributed by atoms with Crippen LogP contribution >= 0.6 is 0 Å². The van der Waals surface area contributed by atoms with Gasteiger partial charge in [-0.05, 0) is 17.5 Å². The molecule has 10 nitrogen and oxygen atoms in total. The smallest absolute Gasteiger partial charge is 0.167 e. The molecule has 156 valence electrons. The van der Waals surface area contributed by atoms with E-state index in [1.54, 1.807) is 4.57 Å². The van der Waals surface area contributed by atoms with Crippen LogP contribution in [0.15, 0.2) is 43.0 Å². The minimum absolute atomic E-state index is 0.392. The molecule has 0 bridgehead atoms. The van der Waals surface area contributed by atoms with Crippen LogP contribution in [0.4, 0.5) is 5.82 Å². The topological polar surface area (TPSA) is 141 Å². The first-order valence-electron chi connectivity index (χ1n) is 9.76. The maximum atomic E-state index is 10.3. The molecule has 4 aromatic rings. The van der Waals surface area contributed by atoms with Gasteiger partial charge in [0.25, 0.3) is 0 Å². The van der Waals surface area contributed by atoms with Crippen LogP contribution in [0, 0.1) is 0 Å². The van der Waals surface area contributed by atoms with E-state index in [2.05, 4.69) is 37.4 Å². The van der Waals surface area contributed by atoms with Gasteiger partial charge in [-0.15, -0.1) is 0 Å². The number of aliphatic hydroxyl groups is 3. The third-order valence-electron chi connectivity index (χ3n) is 5.42. The van der Waals surface area contributed by atoms with E-state index >= 15 is 0 Å². The van der Waals surface area contributed by atoms with E-state index in [4.69, 9.17) is 4.74 Å². The molecule has 0 amide bonds. The van der Waals surface area contributed by atoms with Crippen molar-refractivity contribution in [1.29, 1.82) is 0 Å². The van der Waals surface area contributed by atoms with Crippen molar-refractivity contribution in [2.24, 2.45) is 0 Å². The second-order valence-corrected chi connectivity index (χ2v) is 7.33. The highest BCUT2D eigenvalue weighted by molar-refractivity contribution is 5.83. The van der Waals surface area contributed by atoms with Crippen LogP contribution in [0.5, 0.6) is 0 Å². The number of para-hydroxylation sites is 1. The summed E-state index contributed by atoms with van der Waals surface area (Å²) >= 11 is 0. The highest BCUT2D eigenvalue weighted by atomic mass is 16.6. The first-order chi connectivity index (χ1) is 14.7. The number of anilines is 1. The van der Waals surface area contributed by atoms with Gasteiger partial charge in [0.2, 0.25) is 0 Å². The molecule has 1 unspecified atom stereocenters. The molecule has 4 atom stereocenters. The predicted octanol–water partition coefficient (Wildman–Crippen LogP) is 0.574. The molecule has 0 aliphatic carbocycles. The standard InChI is InChI=1S/C20H22N6O4/c27-8-14-16(28)17(29)20(30-14)26-10-24-15-18(22-9-23-19(15)26)21-6-5-12-7-11-3-1-2-4-13(11)25-12/h1-4,7,9-10,14,16-17,20,25,27-29H,5-6,8H2,(H,21,22,23)/t14-,16?,17+,20-/m1/s1. The van der Waals surface area contributed by atoms with Crippen molar-refractivity contribution in [2.75, 3.05) is 18.5 Å². The molecule has 0 radical (unpaired) electrons. The normalized spacial score (nSPS) is 24.1. The number of ether oxygens (including phenoxy) is 1. The Labute approximate surface area is 171 Å². The molecule has 0 spiro atoms. The van der Waals surface area contributed by atoms with Crippen molar-refractivity contribution in [3.63, 3.8) is 0 Å². The number of benzene rings is 1. The molecule has 1 aromatic carbocycles. The SMILES string of the molecule is OC[C@H]1O[C@@H](n2cnc3c(NCCc4cc5ccccc5[nH]4)ncnc32)[C@@H](O)C1O. The van der Waals surface area contributed by atoms with Crippen molar-refractivity contribution in [2.45, 2.75) is 31.0 Å². The quantitative estimate of drug-likeness (QED) is 0.311. The van der Waals surface area contributed by atoms with Crippen LogP contribution < -0.4 is 5.32 Å². The Morgan fingerprint density at radius 3 is 2.80 bits per heavy atom. The van der Waals surface area contributed by atoms with Crippen molar-refractivity contribution in [1.82, 2.24) is 24.5 Å². The monoisotopic (exact) mass is 410 g/mol. The maximum Gasteiger partial charge on any atom is 0.167 e. The number of aromatic amines is 1. The third-order valence-corrected chi connectivity index (χ3v) is 5.42. The lowest BCUT2D eigenvalue weighted by molar-refractivity contribution is -0.0511. The van der Waals surface area contributed by atoms with Gasteiger partial charge in [-0.25, -0.2) is 15.0 Å². The highest BCUT2D eigenvalue weighted by Gasteiger charge is 2.44. The van der Waals surface area contributed by atoms with Crippen LogP contribution in [-0.2, 0) is 11.2 Å². The molecular formula is C20H22N6O4. The fourth-order valence-corrected chi connectivity index (χ4v) is 3.86. The Morgan fingerprint density at radius 2 is 2.00 bits per heavy atom. The zero-order valence-electron chi connectivity index (χ0n) is 16.0. The van der Waals surface area contributed by atoms with E-state index in [1.165, 1.54) is 18.0 Å². The zero-order chi connectivity index (χ0) is 20.7. The van der Waals surface area contributed by atoms with Gasteiger partial charge in [-0.3, -0.25) is 4.57 Å². The summed E-state index contributed by atoms with van der Waals surface area (Å²) in [4.78, 5) is 16.3. The van der Waals surface area contributed by atoms with E-state index in [0.717, 1.165) is 17.6 Å². The Bertz CT molecular complexity index is 1140. The molecule has 1 aliphatic rings. The molecule has 10 heteroatoms. The summed E-state index contributed by atoms with van der Waals surface area (Å²) in [6.07, 6.45) is -0.471. The van der Waals surface area contributed by atoms with E-state index in [1.807, 2.05) is 18.2 Å². The molecule has 0 saturated carbocycles. The first-order valence-corrected chi connectivity index (χ1v) is 9.76. The summed E-state index contributed by atoms with van der Waals surface area (Å²) in [6, 6.07) is 10.3. The fourth-order valence-electron chi connectivity index (χ4n) is 3.86. The van der Waals surface area contributed by atoms with E-state index in [0.29, 0.717) is 23.5 Å². The third kappa shape index (κ3) is 3.19. The van der Waals surface area contributed by atoms with Gasteiger partial charge in [0.05, 0.1) is 12.9 Å². The average molecular weight is 410 g/mol. The molecule has 1 fully saturated rings. The molecule has 1 aliphatic heterocycles. The largest absolute Gasteiger partial charge is 0.394 e. The van der Waals surface area contributed by atoms with Crippen molar-refractivity contribution < 1.29 is 20.1 Å². The summed E-state index contributed by atoms with van der Waals surface area (Å²) in [6.45, 7) is 0.247. The first kappa shape index (κ1) is 18.9. The number of rotatable bonds is 6. The van der Waals surface area contributed by atoms with Gasteiger partial charge >= 0.3 is 0 Å². The summed E-state index contributed by atoms with van der Waals surface area (Å²) in [5, 5.41) is 34.1. The van der Waals surface area contributed by atoms with Crippen LogP contribution in [0.2, 0.25) is 0 Å². The van der Waals surface area contributed by atoms with Gasteiger partial charge in [0, 0.05) is 24.2 Å². The lowest BCUT2D eigenvalue weighted by atomic mass is 10.1. The average Bonchev–Trinajstić information content (AvgIpc) is 3.44. The van der Waals surface area contributed by atoms with Gasteiger partial charge < -0.3 is 30.4 Å². The van der Waals surface area contributed by atoms with Crippen molar-refractivity contribution >= 4 is 27.9 Å². The van der Waals surface area contributed by atoms with Gasteiger partial charge in [-0.2, -0.15) is 0 Å².